The van der Waals surface area contributed by atoms with E-state index in [1.54, 1.807) is 0 Å². The summed E-state index contributed by atoms with van der Waals surface area (Å²) in [5.74, 6) is 0.862. The first-order chi connectivity index (χ1) is 16.4. The van der Waals surface area contributed by atoms with Gasteiger partial charge in [-0.15, -0.1) is 0 Å². The van der Waals surface area contributed by atoms with E-state index in [2.05, 4.69) is 50.3 Å². The molecule has 184 valence electrons. The Morgan fingerprint density at radius 3 is 2.59 bits per heavy atom. The lowest BCUT2D eigenvalue weighted by molar-refractivity contribution is -0.114. The monoisotopic (exact) mass is 485 g/mol. The van der Waals surface area contributed by atoms with Crippen LogP contribution < -0.4 is 26.4 Å². The number of nitrogens with two attached hydrogens (primary N) is 2. The first-order valence-electron chi connectivity index (χ1n) is 11.9. The molecule has 1 saturated carbocycles. The fourth-order valence-electron chi connectivity index (χ4n) is 4.29. The molecule has 1 aliphatic carbocycles. The minimum Gasteiger partial charge on any atom is -0.488 e. The van der Waals surface area contributed by atoms with Crippen LogP contribution in [0.1, 0.15) is 31.4 Å². The van der Waals surface area contributed by atoms with Crippen LogP contribution in [0.25, 0.3) is 0 Å². The van der Waals surface area contributed by atoms with E-state index in [9.17, 15) is 4.79 Å². The van der Waals surface area contributed by atoms with E-state index in [4.69, 9.17) is 16.2 Å². The average molecular weight is 486 g/mol. The lowest BCUT2D eigenvalue weighted by Crippen LogP contribution is -2.44. The number of benzene rings is 1. The normalized spacial score (nSPS) is 21.4. The van der Waals surface area contributed by atoms with Crippen molar-refractivity contribution >= 4 is 29.3 Å². The molecule has 2 aliphatic rings. The number of nitrogens with zero attached hydrogens (tertiary/aromatic N) is 4. The maximum atomic E-state index is 11.7. The molecule has 0 radical (unpaired) electrons. The zero-order valence-electron chi connectivity index (χ0n) is 20.0. The Morgan fingerprint density at radius 2 is 1.88 bits per heavy atom. The number of anilines is 2. The largest absolute Gasteiger partial charge is 0.488 e. The first kappa shape index (κ1) is 24.7. The van der Waals surface area contributed by atoms with E-state index >= 15 is 0 Å². The van der Waals surface area contributed by atoms with Crippen LogP contribution in [0.15, 0.2) is 34.2 Å². The summed E-state index contributed by atoms with van der Waals surface area (Å²) in [5.41, 5.74) is 13.4. The van der Waals surface area contributed by atoms with Crippen LogP contribution in [-0.2, 0) is 4.79 Å². The lowest BCUT2D eigenvalue weighted by atomic mass is 9.94. The van der Waals surface area contributed by atoms with Gasteiger partial charge in [0.15, 0.2) is 0 Å². The van der Waals surface area contributed by atoms with Crippen LogP contribution in [-0.4, -0.2) is 72.7 Å². The number of carbonyl (C=O) groups excluding carboxylic acids is 1. The molecule has 0 spiro atoms. The van der Waals surface area contributed by atoms with Crippen molar-refractivity contribution in [2.24, 2.45) is 11.5 Å². The fraction of sp³-hybridized carbons (Fsp3) is 0.542. The van der Waals surface area contributed by atoms with Gasteiger partial charge in [-0.05, 0) is 63.9 Å². The highest BCUT2D eigenvalue weighted by Crippen LogP contribution is 2.38. The molecule has 4 rings (SSSR count). The van der Waals surface area contributed by atoms with Crippen LogP contribution in [0.2, 0.25) is 0 Å². The molecule has 1 aromatic heterocycles. The predicted octanol–water partition coefficient (Wildman–Crippen LogP) is 2.23. The molecule has 9 nitrogen and oxygen atoms in total. The van der Waals surface area contributed by atoms with Gasteiger partial charge in [-0.2, -0.15) is 0 Å². The van der Waals surface area contributed by atoms with Gasteiger partial charge in [-0.1, -0.05) is 11.8 Å². The van der Waals surface area contributed by atoms with Gasteiger partial charge in [0.1, 0.15) is 10.8 Å². The number of carbonyl (C=O) groups is 1. The minimum absolute atomic E-state index is 0.111. The van der Waals surface area contributed by atoms with Crippen molar-refractivity contribution < 1.29 is 9.53 Å². The summed E-state index contributed by atoms with van der Waals surface area (Å²) >= 11 is 1.52. The molecule has 0 bridgehead atoms. The first-order valence-corrected chi connectivity index (χ1v) is 12.7. The van der Waals surface area contributed by atoms with Gasteiger partial charge in [0.2, 0.25) is 11.9 Å². The van der Waals surface area contributed by atoms with Crippen molar-refractivity contribution in [2.75, 3.05) is 50.0 Å². The number of aromatic nitrogens is 2. The topological polar surface area (TPSA) is 123 Å². The highest BCUT2D eigenvalue weighted by molar-refractivity contribution is 7.99. The van der Waals surface area contributed by atoms with Crippen molar-refractivity contribution in [1.29, 1.82) is 0 Å². The van der Waals surface area contributed by atoms with E-state index in [-0.39, 0.29) is 30.5 Å². The summed E-state index contributed by atoms with van der Waals surface area (Å²) in [6.07, 6.45) is 4.15. The Morgan fingerprint density at radius 1 is 1.15 bits per heavy atom. The van der Waals surface area contributed by atoms with Crippen molar-refractivity contribution in [1.82, 2.24) is 14.9 Å². The van der Waals surface area contributed by atoms with Crippen molar-refractivity contribution in [3.05, 3.63) is 30.0 Å². The van der Waals surface area contributed by atoms with Gasteiger partial charge >= 0.3 is 0 Å². The second-order valence-corrected chi connectivity index (χ2v) is 10.2. The Kier molecular flexibility index (Phi) is 8.25. The van der Waals surface area contributed by atoms with Crippen molar-refractivity contribution in [3.63, 3.8) is 0 Å². The summed E-state index contributed by atoms with van der Waals surface area (Å²) in [6.45, 7) is 5.79. The number of amides is 1. The van der Waals surface area contributed by atoms with Gasteiger partial charge in [0, 0.05) is 42.8 Å². The molecule has 10 heteroatoms. The maximum absolute atomic E-state index is 11.7. The van der Waals surface area contributed by atoms with E-state index in [0.29, 0.717) is 0 Å². The number of nitrogens with one attached hydrogen (secondary N) is 1. The highest BCUT2D eigenvalue weighted by Gasteiger charge is 2.24. The zero-order chi connectivity index (χ0) is 24.1. The summed E-state index contributed by atoms with van der Waals surface area (Å²) < 4.78 is 6.58. The minimum atomic E-state index is -0.319. The summed E-state index contributed by atoms with van der Waals surface area (Å²) in [7, 11) is 2.16. The Bertz CT molecular complexity index is 989. The van der Waals surface area contributed by atoms with E-state index in [1.165, 1.54) is 11.8 Å². The van der Waals surface area contributed by atoms with Crippen LogP contribution in [0, 0.1) is 6.92 Å². The summed E-state index contributed by atoms with van der Waals surface area (Å²) in [6, 6.07) is 8.57. The zero-order valence-corrected chi connectivity index (χ0v) is 20.8. The van der Waals surface area contributed by atoms with Gasteiger partial charge in [-0.25, -0.2) is 9.97 Å². The number of aryl methyl sites for hydroxylation is 1. The molecule has 2 aromatic rings. The Labute approximate surface area is 205 Å². The third-order valence-corrected chi connectivity index (χ3v) is 7.19. The van der Waals surface area contributed by atoms with E-state index in [1.807, 2.05) is 13.0 Å². The Balaban J connectivity index is 1.56. The second kappa shape index (κ2) is 11.4. The van der Waals surface area contributed by atoms with Crippen molar-refractivity contribution in [3.8, 4) is 5.75 Å². The number of hydrogen-bond acceptors (Lipinski definition) is 9. The molecule has 5 N–H and O–H groups in total. The van der Waals surface area contributed by atoms with Gasteiger partial charge in [0.25, 0.3) is 0 Å². The highest BCUT2D eigenvalue weighted by atomic mass is 32.2. The molecule has 34 heavy (non-hydrogen) atoms. The standard InChI is InChI=1S/C24H35N7O2S/c1-16-13-23(29-24(27-16)28-22(32)15-25)34-19-7-8-20(31-11-9-30(2)10-12-31)21(14-19)33-18-5-3-17(26)4-6-18/h7-8,13-14,17-18H,3-6,9-12,15,25-26H2,1-2H3,(H,27,28,29,32). The molecular formula is C24H35N7O2S. The fourth-order valence-corrected chi connectivity index (χ4v) is 5.20. The Hall–Kier alpha value is -2.40. The molecule has 0 unspecified atom stereocenters. The van der Waals surface area contributed by atoms with Crippen LogP contribution in [0.5, 0.6) is 5.75 Å². The smallest absolute Gasteiger partial charge is 0.240 e. The molecule has 1 aliphatic heterocycles. The average Bonchev–Trinajstić information content (AvgIpc) is 2.81. The van der Waals surface area contributed by atoms with Crippen molar-refractivity contribution in [2.45, 2.75) is 54.7 Å². The summed E-state index contributed by atoms with van der Waals surface area (Å²) in [4.78, 5) is 26.2. The van der Waals surface area contributed by atoms with E-state index < -0.39 is 0 Å². The molecular weight excluding hydrogens is 450 g/mol. The quantitative estimate of drug-likeness (QED) is 0.507. The molecule has 2 heterocycles. The van der Waals surface area contributed by atoms with E-state index in [0.717, 1.165) is 78.9 Å². The molecule has 1 aromatic carbocycles. The number of piperazine rings is 1. The third kappa shape index (κ3) is 6.59. The number of likely N-dealkylation sites (N-methyl/N-ethyl adjacent to an activating group) is 1. The van der Waals surface area contributed by atoms with Crippen LogP contribution in [0.4, 0.5) is 11.6 Å². The van der Waals surface area contributed by atoms with Gasteiger partial charge < -0.3 is 26.0 Å². The van der Waals surface area contributed by atoms with Gasteiger partial charge in [-0.3, -0.25) is 10.1 Å². The maximum Gasteiger partial charge on any atom is 0.240 e. The lowest BCUT2D eigenvalue weighted by Gasteiger charge is -2.36. The summed E-state index contributed by atoms with van der Waals surface area (Å²) in [5, 5.41) is 3.39. The van der Waals surface area contributed by atoms with Crippen LogP contribution >= 0.6 is 11.8 Å². The molecule has 2 fully saturated rings. The molecule has 0 atom stereocenters. The SMILES string of the molecule is Cc1cc(Sc2ccc(N3CCN(C)CC3)c(OC3CCC(N)CC3)c2)nc(NC(=O)CN)n1. The van der Waals surface area contributed by atoms with Crippen LogP contribution in [0.3, 0.4) is 0 Å². The number of ether oxygens (including phenoxy) is 1. The van der Waals surface area contributed by atoms with Gasteiger partial charge in [0.05, 0.1) is 18.3 Å². The molecule has 1 saturated heterocycles. The third-order valence-electron chi connectivity index (χ3n) is 6.28. The molecule has 1 amide bonds. The predicted molar refractivity (Wildman–Crippen MR) is 136 cm³/mol. The second-order valence-electron chi connectivity index (χ2n) is 9.10. The number of hydrogen-bond donors (Lipinski definition) is 3. The number of rotatable bonds is 7.